The monoisotopic (exact) mass is 321 g/mol. The van der Waals surface area contributed by atoms with Gasteiger partial charge in [0.2, 0.25) is 5.91 Å². The second-order valence-electron chi connectivity index (χ2n) is 6.49. The van der Waals surface area contributed by atoms with Crippen molar-refractivity contribution < 1.29 is 14.0 Å². The summed E-state index contributed by atoms with van der Waals surface area (Å²) in [6.45, 7) is 0. The molecule has 2 aliphatic carbocycles. The predicted octanol–water partition coefficient (Wildman–Crippen LogP) is 2.00. The lowest BCUT2D eigenvalue weighted by atomic mass is 9.71. The summed E-state index contributed by atoms with van der Waals surface area (Å²) in [6, 6.07) is 7.52. The SMILES string of the molecule is CN1C(=O)[C@]2(C3=C1CCCC3=O)c1ccccc1-c1oc(N)nc12. The Hall–Kier alpha value is -2.89. The molecule has 1 atom stereocenters. The van der Waals surface area contributed by atoms with Crippen LogP contribution in [-0.2, 0) is 15.0 Å². The highest BCUT2D eigenvalue weighted by Crippen LogP contribution is 2.58. The number of likely N-dealkylation sites (N-methyl/N-ethyl adjacent to an activating group) is 1. The van der Waals surface area contributed by atoms with Crippen molar-refractivity contribution in [3.05, 3.63) is 46.8 Å². The molecule has 6 heteroatoms. The number of fused-ring (bicyclic) bond motifs is 6. The summed E-state index contributed by atoms with van der Waals surface area (Å²) in [7, 11) is 1.73. The Kier molecular flexibility index (Phi) is 2.34. The van der Waals surface area contributed by atoms with E-state index in [9.17, 15) is 9.59 Å². The van der Waals surface area contributed by atoms with Crippen LogP contribution in [-0.4, -0.2) is 28.6 Å². The van der Waals surface area contributed by atoms with E-state index in [-0.39, 0.29) is 17.7 Å². The van der Waals surface area contributed by atoms with E-state index in [1.807, 2.05) is 24.3 Å². The van der Waals surface area contributed by atoms with Gasteiger partial charge in [0.05, 0.1) is 0 Å². The number of ketones is 1. The maximum atomic E-state index is 13.4. The third kappa shape index (κ3) is 1.28. The molecule has 1 aromatic heterocycles. The molecule has 0 fully saturated rings. The highest BCUT2D eigenvalue weighted by atomic mass is 16.4. The third-order valence-electron chi connectivity index (χ3n) is 5.36. The fraction of sp³-hybridized carbons (Fsp3) is 0.278. The van der Waals surface area contributed by atoms with Crippen LogP contribution in [0.1, 0.15) is 30.5 Å². The number of carbonyl (C=O) groups excluding carboxylic acids is 2. The van der Waals surface area contributed by atoms with Crippen molar-refractivity contribution in [1.82, 2.24) is 9.88 Å². The molecule has 2 aromatic rings. The molecule has 0 bridgehead atoms. The van der Waals surface area contributed by atoms with Gasteiger partial charge in [0.1, 0.15) is 5.69 Å². The van der Waals surface area contributed by atoms with Gasteiger partial charge in [0.15, 0.2) is 17.0 Å². The fourth-order valence-electron chi connectivity index (χ4n) is 4.45. The molecule has 5 rings (SSSR count). The van der Waals surface area contributed by atoms with Crippen molar-refractivity contribution >= 4 is 17.7 Å². The number of hydrogen-bond acceptors (Lipinski definition) is 5. The minimum Gasteiger partial charge on any atom is -0.423 e. The third-order valence-corrected chi connectivity index (χ3v) is 5.36. The second-order valence-corrected chi connectivity index (χ2v) is 6.49. The number of nitrogen functional groups attached to an aromatic ring is 1. The van der Waals surface area contributed by atoms with Gasteiger partial charge >= 0.3 is 0 Å². The second kappa shape index (κ2) is 4.14. The molecule has 6 nitrogen and oxygen atoms in total. The number of Topliss-reactive ketones (excluding diaryl/α,β-unsaturated/α-hetero) is 1. The summed E-state index contributed by atoms with van der Waals surface area (Å²) in [5, 5.41) is 0. The van der Waals surface area contributed by atoms with Crippen LogP contribution < -0.4 is 5.73 Å². The number of nitrogens with two attached hydrogens (primary N) is 1. The van der Waals surface area contributed by atoms with Crippen molar-refractivity contribution in [2.24, 2.45) is 0 Å². The molecule has 1 aliphatic heterocycles. The number of anilines is 1. The summed E-state index contributed by atoms with van der Waals surface area (Å²) < 4.78 is 5.60. The van der Waals surface area contributed by atoms with Crippen molar-refractivity contribution in [3.8, 4) is 11.3 Å². The number of amides is 1. The zero-order chi connectivity index (χ0) is 16.6. The summed E-state index contributed by atoms with van der Waals surface area (Å²) in [6.07, 6.45) is 1.93. The van der Waals surface area contributed by atoms with E-state index < -0.39 is 5.41 Å². The summed E-state index contributed by atoms with van der Waals surface area (Å²) in [5.74, 6) is 0.359. The molecule has 3 aliphatic rings. The number of allylic oxidation sites excluding steroid dienone is 1. The molecular formula is C18H15N3O3. The number of benzene rings is 1. The molecule has 120 valence electrons. The molecule has 2 heterocycles. The predicted molar refractivity (Wildman–Crippen MR) is 85.8 cm³/mol. The van der Waals surface area contributed by atoms with Gasteiger partial charge in [-0.15, -0.1) is 0 Å². The number of carbonyl (C=O) groups is 2. The van der Waals surface area contributed by atoms with Crippen LogP contribution in [0.15, 0.2) is 40.0 Å². The first-order valence-electron chi connectivity index (χ1n) is 7.98. The van der Waals surface area contributed by atoms with Gasteiger partial charge < -0.3 is 15.1 Å². The van der Waals surface area contributed by atoms with Crippen LogP contribution in [0.3, 0.4) is 0 Å². The zero-order valence-electron chi connectivity index (χ0n) is 13.1. The van der Waals surface area contributed by atoms with E-state index in [2.05, 4.69) is 4.98 Å². The van der Waals surface area contributed by atoms with Crippen LogP contribution in [0.25, 0.3) is 11.3 Å². The minimum absolute atomic E-state index is 0.0122. The zero-order valence-corrected chi connectivity index (χ0v) is 13.1. The number of rotatable bonds is 0. The largest absolute Gasteiger partial charge is 0.423 e. The Labute approximate surface area is 138 Å². The quantitative estimate of drug-likeness (QED) is 0.801. The van der Waals surface area contributed by atoms with E-state index in [0.717, 1.165) is 29.7 Å². The first-order valence-corrected chi connectivity index (χ1v) is 7.98. The van der Waals surface area contributed by atoms with Crippen LogP contribution in [0.4, 0.5) is 6.01 Å². The first kappa shape index (κ1) is 13.5. The van der Waals surface area contributed by atoms with Crippen LogP contribution in [0.2, 0.25) is 0 Å². The van der Waals surface area contributed by atoms with Crippen LogP contribution in [0, 0.1) is 0 Å². The molecule has 2 N–H and O–H groups in total. The lowest BCUT2D eigenvalue weighted by molar-refractivity contribution is -0.130. The summed E-state index contributed by atoms with van der Waals surface area (Å²) >= 11 is 0. The minimum atomic E-state index is -1.20. The van der Waals surface area contributed by atoms with Crippen LogP contribution in [0.5, 0.6) is 0 Å². The Morgan fingerprint density at radius 2 is 2.04 bits per heavy atom. The first-order chi connectivity index (χ1) is 11.6. The maximum absolute atomic E-state index is 13.4. The van der Waals surface area contributed by atoms with E-state index >= 15 is 0 Å². The average Bonchev–Trinajstić information content (AvgIpc) is 3.15. The van der Waals surface area contributed by atoms with Crippen molar-refractivity contribution in [2.45, 2.75) is 24.7 Å². The maximum Gasteiger partial charge on any atom is 0.292 e. The Balaban J connectivity index is 1.95. The normalized spacial score (nSPS) is 24.6. The van der Waals surface area contributed by atoms with E-state index in [0.29, 0.717) is 23.4 Å². The number of aromatic nitrogens is 1. The molecule has 0 radical (unpaired) electrons. The van der Waals surface area contributed by atoms with E-state index in [1.165, 1.54) is 0 Å². The smallest absolute Gasteiger partial charge is 0.292 e. The lowest BCUT2D eigenvalue weighted by Crippen LogP contribution is -2.40. The standard InChI is InChI=1S/C18H15N3O3/c1-21-11-7-4-8-12(22)13(11)18(16(21)23)10-6-3-2-5-9(10)14-15(18)20-17(19)24-14/h2-3,5-6H,4,7-8H2,1H3,(H2,19,20)/t18-/m0/s1. The van der Waals surface area contributed by atoms with Gasteiger partial charge in [-0.1, -0.05) is 24.3 Å². The van der Waals surface area contributed by atoms with Gasteiger partial charge in [0.25, 0.3) is 6.01 Å². The molecule has 24 heavy (non-hydrogen) atoms. The number of nitrogens with zero attached hydrogens (tertiary/aromatic N) is 2. The van der Waals surface area contributed by atoms with Crippen LogP contribution >= 0.6 is 0 Å². The van der Waals surface area contributed by atoms with Gasteiger partial charge in [-0.25, -0.2) is 0 Å². The Morgan fingerprint density at radius 3 is 2.88 bits per heavy atom. The molecule has 0 saturated carbocycles. The molecule has 1 amide bonds. The van der Waals surface area contributed by atoms with Gasteiger partial charge in [-0.3, -0.25) is 9.59 Å². The number of hydrogen-bond donors (Lipinski definition) is 1. The fourth-order valence-corrected chi connectivity index (χ4v) is 4.45. The molecule has 0 unspecified atom stereocenters. The number of oxazole rings is 1. The topological polar surface area (TPSA) is 89.4 Å². The highest BCUT2D eigenvalue weighted by Gasteiger charge is 2.63. The van der Waals surface area contributed by atoms with Gasteiger partial charge in [0, 0.05) is 30.3 Å². The van der Waals surface area contributed by atoms with E-state index in [4.69, 9.17) is 10.2 Å². The Morgan fingerprint density at radius 1 is 1.25 bits per heavy atom. The average molecular weight is 321 g/mol. The van der Waals surface area contributed by atoms with Crippen molar-refractivity contribution in [1.29, 1.82) is 0 Å². The highest BCUT2D eigenvalue weighted by molar-refractivity contribution is 6.16. The van der Waals surface area contributed by atoms with Crippen molar-refractivity contribution in [3.63, 3.8) is 0 Å². The lowest BCUT2D eigenvalue weighted by Gasteiger charge is -2.26. The van der Waals surface area contributed by atoms with Crippen molar-refractivity contribution in [2.75, 3.05) is 12.8 Å². The summed E-state index contributed by atoms with van der Waals surface area (Å²) in [5.41, 5.74) is 7.95. The van der Waals surface area contributed by atoms with E-state index in [1.54, 1.807) is 11.9 Å². The Bertz CT molecular complexity index is 972. The van der Waals surface area contributed by atoms with Gasteiger partial charge in [-0.05, 0) is 18.4 Å². The molecule has 0 saturated heterocycles. The molecule has 1 aromatic carbocycles. The van der Waals surface area contributed by atoms with Gasteiger partial charge in [-0.2, -0.15) is 4.98 Å². The molecule has 1 spiro atoms. The summed E-state index contributed by atoms with van der Waals surface area (Å²) in [4.78, 5) is 32.2. The molecular weight excluding hydrogens is 306 g/mol.